The van der Waals surface area contributed by atoms with E-state index in [9.17, 15) is 0 Å². The van der Waals surface area contributed by atoms with Gasteiger partial charge in [-0.1, -0.05) is 6.07 Å². The lowest BCUT2D eigenvalue weighted by Crippen LogP contribution is -2.38. The number of aromatic nitrogens is 2. The second kappa shape index (κ2) is 8.36. The van der Waals surface area contributed by atoms with Crippen LogP contribution in [-0.4, -0.2) is 29.0 Å². The van der Waals surface area contributed by atoms with Crippen molar-refractivity contribution in [1.29, 1.82) is 0 Å². The first kappa shape index (κ1) is 15.4. The third kappa shape index (κ3) is 5.51. The van der Waals surface area contributed by atoms with Crippen molar-refractivity contribution in [1.82, 2.24) is 20.6 Å². The molecule has 0 saturated carbocycles. The van der Waals surface area contributed by atoms with Crippen molar-refractivity contribution < 1.29 is 0 Å². The number of hydrogen-bond acceptors (Lipinski definition) is 4. The number of nitrogens with zero attached hydrogens (tertiary/aromatic N) is 3. The molecule has 0 unspecified atom stereocenters. The van der Waals surface area contributed by atoms with Gasteiger partial charge in [0.05, 0.1) is 6.54 Å². The quantitative estimate of drug-likeness (QED) is 0.634. The summed E-state index contributed by atoms with van der Waals surface area (Å²) in [6.07, 6.45) is 4.58. The Morgan fingerprint density at radius 3 is 2.86 bits per heavy atom. The van der Waals surface area contributed by atoms with Gasteiger partial charge in [0.25, 0.3) is 0 Å². The Kier molecular flexibility index (Phi) is 6.15. The number of aryl methyl sites for hydroxylation is 1. The van der Waals surface area contributed by atoms with Gasteiger partial charge in [-0.05, 0) is 26.0 Å². The van der Waals surface area contributed by atoms with Gasteiger partial charge in [0.15, 0.2) is 5.96 Å². The van der Waals surface area contributed by atoms with Crippen LogP contribution in [0.1, 0.15) is 22.5 Å². The lowest BCUT2D eigenvalue weighted by Gasteiger charge is -2.10. The zero-order valence-electron chi connectivity index (χ0n) is 12.5. The summed E-state index contributed by atoms with van der Waals surface area (Å²) in [4.78, 5) is 14.4. The van der Waals surface area contributed by atoms with Crippen LogP contribution >= 0.6 is 11.3 Å². The van der Waals surface area contributed by atoms with Crippen molar-refractivity contribution in [2.75, 3.05) is 13.1 Å². The lowest BCUT2D eigenvalue weighted by atomic mass is 10.3. The molecular weight excluding hydrogens is 282 g/mol. The first-order valence-corrected chi connectivity index (χ1v) is 7.93. The molecule has 0 aliphatic rings. The smallest absolute Gasteiger partial charge is 0.191 e. The van der Waals surface area contributed by atoms with Crippen molar-refractivity contribution in [2.45, 2.75) is 26.8 Å². The van der Waals surface area contributed by atoms with Gasteiger partial charge in [0.1, 0.15) is 5.01 Å². The topological polar surface area (TPSA) is 62.2 Å². The second-order valence-corrected chi connectivity index (χ2v) is 5.88. The second-order valence-electron chi connectivity index (χ2n) is 4.56. The van der Waals surface area contributed by atoms with Crippen LogP contribution < -0.4 is 10.6 Å². The highest BCUT2D eigenvalue weighted by Crippen LogP contribution is 2.11. The Bertz CT molecular complexity index is 564. The van der Waals surface area contributed by atoms with E-state index in [2.05, 4.69) is 39.4 Å². The molecule has 0 aromatic carbocycles. The number of pyridine rings is 1. The molecule has 2 aromatic heterocycles. The molecule has 5 nitrogen and oxygen atoms in total. The molecule has 0 bridgehead atoms. The molecule has 2 N–H and O–H groups in total. The van der Waals surface area contributed by atoms with Gasteiger partial charge in [-0.15, -0.1) is 11.3 Å². The minimum absolute atomic E-state index is 0.609. The average Bonchev–Trinajstić information content (AvgIpc) is 2.91. The molecule has 2 heterocycles. The number of rotatable bonds is 6. The van der Waals surface area contributed by atoms with Gasteiger partial charge >= 0.3 is 0 Å². The molecule has 6 heteroatoms. The fraction of sp³-hybridized carbons (Fsp3) is 0.400. The van der Waals surface area contributed by atoms with Gasteiger partial charge in [-0.25, -0.2) is 9.98 Å². The lowest BCUT2D eigenvalue weighted by molar-refractivity contribution is 0.787. The van der Waals surface area contributed by atoms with Crippen LogP contribution in [-0.2, 0) is 13.0 Å². The van der Waals surface area contributed by atoms with Crippen LogP contribution in [0.15, 0.2) is 35.6 Å². The molecule has 112 valence electrons. The SMILES string of the molecule is CCNC(=NCc1ncc(C)s1)NCCc1ccccn1. The largest absolute Gasteiger partial charge is 0.357 e. The molecule has 21 heavy (non-hydrogen) atoms. The van der Waals surface area contributed by atoms with E-state index in [0.29, 0.717) is 6.54 Å². The highest BCUT2D eigenvalue weighted by Gasteiger charge is 2.01. The van der Waals surface area contributed by atoms with Crippen LogP contribution in [0.2, 0.25) is 0 Å². The van der Waals surface area contributed by atoms with Gasteiger partial charge in [-0.3, -0.25) is 4.98 Å². The summed E-state index contributed by atoms with van der Waals surface area (Å²) >= 11 is 1.68. The average molecular weight is 303 g/mol. The molecular formula is C15H21N5S. The highest BCUT2D eigenvalue weighted by atomic mass is 32.1. The fourth-order valence-electron chi connectivity index (χ4n) is 1.82. The van der Waals surface area contributed by atoms with E-state index in [4.69, 9.17) is 0 Å². The minimum Gasteiger partial charge on any atom is -0.357 e. The molecule has 0 spiro atoms. The Labute approximate surface area is 129 Å². The zero-order chi connectivity index (χ0) is 14.9. The van der Waals surface area contributed by atoms with Crippen LogP contribution in [0.4, 0.5) is 0 Å². The Morgan fingerprint density at radius 1 is 1.29 bits per heavy atom. The normalized spacial score (nSPS) is 11.4. The van der Waals surface area contributed by atoms with E-state index < -0.39 is 0 Å². The van der Waals surface area contributed by atoms with Crippen LogP contribution in [0.5, 0.6) is 0 Å². The maximum atomic E-state index is 4.55. The Hall–Kier alpha value is -1.95. The van der Waals surface area contributed by atoms with Crippen molar-refractivity contribution in [3.63, 3.8) is 0 Å². The van der Waals surface area contributed by atoms with Gasteiger partial charge < -0.3 is 10.6 Å². The molecule has 0 aliphatic heterocycles. The molecule has 0 fully saturated rings. The molecule has 2 aromatic rings. The van der Waals surface area contributed by atoms with E-state index in [-0.39, 0.29) is 0 Å². The molecule has 0 radical (unpaired) electrons. The fourth-order valence-corrected chi connectivity index (χ4v) is 2.53. The van der Waals surface area contributed by atoms with E-state index in [1.165, 1.54) is 4.88 Å². The van der Waals surface area contributed by atoms with E-state index in [1.54, 1.807) is 11.3 Å². The van der Waals surface area contributed by atoms with Gasteiger partial charge in [-0.2, -0.15) is 0 Å². The highest BCUT2D eigenvalue weighted by molar-refractivity contribution is 7.11. The number of aliphatic imine (C=N–C) groups is 1. The van der Waals surface area contributed by atoms with Crippen molar-refractivity contribution in [2.24, 2.45) is 4.99 Å². The Balaban J connectivity index is 1.83. The molecule has 0 amide bonds. The minimum atomic E-state index is 0.609. The molecule has 0 saturated heterocycles. The summed E-state index contributed by atoms with van der Waals surface area (Å²) in [5, 5.41) is 7.60. The predicted molar refractivity (Wildman–Crippen MR) is 87.6 cm³/mol. The van der Waals surface area contributed by atoms with Crippen LogP contribution in [0, 0.1) is 6.92 Å². The van der Waals surface area contributed by atoms with E-state index in [0.717, 1.165) is 36.2 Å². The Morgan fingerprint density at radius 2 is 2.19 bits per heavy atom. The van der Waals surface area contributed by atoms with Crippen molar-refractivity contribution >= 4 is 17.3 Å². The molecule has 0 atom stereocenters. The van der Waals surface area contributed by atoms with Crippen LogP contribution in [0.3, 0.4) is 0 Å². The van der Waals surface area contributed by atoms with Gasteiger partial charge in [0.2, 0.25) is 0 Å². The predicted octanol–water partition coefficient (Wildman–Crippen LogP) is 2.14. The third-order valence-corrected chi connectivity index (χ3v) is 3.68. The maximum absolute atomic E-state index is 4.55. The van der Waals surface area contributed by atoms with E-state index in [1.807, 2.05) is 30.6 Å². The first-order chi connectivity index (χ1) is 10.3. The van der Waals surface area contributed by atoms with Gasteiger partial charge in [0, 0.05) is 42.5 Å². The summed E-state index contributed by atoms with van der Waals surface area (Å²) in [5.41, 5.74) is 1.08. The summed E-state index contributed by atoms with van der Waals surface area (Å²) in [6, 6.07) is 5.97. The van der Waals surface area contributed by atoms with Crippen molar-refractivity contribution in [3.05, 3.63) is 46.2 Å². The summed E-state index contributed by atoms with van der Waals surface area (Å²) in [5.74, 6) is 0.821. The van der Waals surface area contributed by atoms with Crippen LogP contribution in [0.25, 0.3) is 0 Å². The van der Waals surface area contributed by atoms with E-state index >= 15 is 0 Å². The maximum Gasteiger partial charge on any atom is 0.191 e. The standard InChI is InChI=1S/C15H21N5S/c1-3-16-15(20-11-14-19-10-12(2)21-14)18-9-7-13-6-4-5-8-17-13/h4-6,8,10H,3,7,9,11H2,1-2H3,(H2,16,18,20). The number of nitrogens with one attached hydrogen (secondary N) is 2. The molecule has 2 rings (SSSR count). The summed E-state index contributed by atoms with van der Waals surface area (Å²) in [6.45, 7) is 6.37. The zero-order valence-corrected chi connectivity index (χ0v) is 13.3. The first-order valence-electron chi connectivity index (χ1n) is 7.11. The summed E-state index contributed by atoms with van der Waals surface area (Å²) in [7, 11) is 0. The molecule has 0 aliphatic carbocycles. The number of thiazole rings is 1. The number of guanidine groups is 1. The number of hydrogen-bond donors (Lipinski definition) is 2. The monoisotopic (exact) mass is 303 g/mol. The summed E-state index contributed by atoms with van der Waals surface area (Å²) < 4.78 is 0. The third-order valence-electron chi connectivity index (χ3n) is 2.79. The van der Waals surface area contributed by atoms with Crippen molar-refractivity contribution in [3.8, 4) is 0 Å².